The van der Waals surface area contributed by atoms with E-state index in [1.807, 2.05) is 0 Å². The van der Waals surface area contributed by atoms with Gasteiger partial charge in [-0.05, 0) is 47.2 Å². The van der Waals surface area contributed by atoms with Crippen molar-refractivity contribution in [3.8, 4) is 5.69 Å². The zero-order valence-electron chi connectivity index (χ0n) is 14.3. The SMILES string of the molecule is CC(=O)c1ccc(C(O)CSc2nnnn2-c2ccc(C(=O)O)cc2)cc1. The molecule has 8 nitrogen and oxygen atoms in total. The first-order valence-electron chi connectivity index (χ1n) is 7.99. The number of benzene rings is 2. The van der Waals surface area contributed by atoms with Gasteiger partial charge in [0.15, 0.2) is 5.78 Å². The van der Waals surface area contributed by atoms with E-state index in [2.05, 4.69) is 15.5 Å². The summed E-state index contributed by atoms with van der Waals surface area (Å²) in [5.41, 5.74) is 2.07. The van der Waals surface area contributed by atoms with Gasteiger partial charge < -0.3 is 10.2 Å². The van der Waals surface area contributed by atoms with Gasteiger partial charge in [-0.15, -0.1) is 5.10 Å². The summed E-state index contributed by atoms with van der Waals surface area (Å²) in [7, 11) is 0. The molecule has 2 N–H and O–H groups in total. The van der Waals surface area contributed by atoms with Gasteiger partial charge in [-0.1, -0.05) is 36.0 Å². The maximum atomic E-state index is 11.3. The summed E-state index contributed by atoms with van der Waals surface area (Å²) in [4.78, 5) is 22.3. The van der Waals surface area contributed by atoms with Crippen LogP contribution in [0, 0.1) is 0 Å². The Morgan fingerprint density at radius 1 is 1.07 bits per heavy atom. The van der Waals surface area contributed by atoms with Gasteiger partial charge in [-0.2, -0.15) is 4.68 Å². The largest absolute Gasteiger partial charge is 0.478 e. The fourth-order valence-electron chi connectivity index (χ4n) is 2.37. The van der Waals surface area contributed by atoms with Crippen LogP contribution in [0.2, 0.25) is 0 Å². The predicted molar refractivity (Wildman–Crippen MR) is 98.2 cm³/mol. The number of aliphatic hydroxyl groups excluding tert-OH is 1. The van der Waals surface area contributed by atoms with Crippen LogP contribution in [-0.4, -0.2) is 47.9 Å². The summed E-state index contributed by atoms with van der Waals surface area (Å²) in [5.74, 6) is -0.724. The number of aromatic carboxylic acids is 1. The topological polar surface area (TPSA) is 118 Å². The smallest absolute Gasteiger partial charge is 0.335 e. The number of carbonyl (C=O) groups excluding carboxylic acids is 1. The molecule has 1 unspecified atom stereocenters. The van der Waals surface area contributed by atoms with E-state index >= 15 is 0 Å². The van der Waals surface area contributed by atoms with Crippen LogP contribution >= 0.6 is 11.8 Å². The average Bonchev–Trinajstić information content (AvgIpc) is 3.14. The molecule has 27 heavy (non-hydrogen) atoms. The van der Waals surface area contributed by atoms with Gasteiger partial charge in [0.25, 0.3) is 0 Å². The minimum atomic E-state index is -1.01. The third kappa shape index (κ3) is 4.39. The van der Waals surface area contributed by atoms with Gasteiger partial charge in [0.2, 0.25) is 5.16 Å². The van der Waals surface area contributed by atoms with Crippen LogP contribution in [0.15, 0.2) is 53.7 Å². The van der Waals surface area contributed by atoms with Crippen LogP contribution in [-0.2, 0) is 0 Å². The number of hydrogen-bond donors (Lipinski definition) is 2. The molecule has 0 saturated heterocycles. The lowest BCUT2D eigenvalue weighted by Gasteiger charge is -2.11. The quantitative estimate of drug-likeness (QED) is 0.471. The fraction of sp³-hybridized carbons (Fsp3) is 0.167. The van der Waals surface area contributed by atoms with Crippen molar-refractivity contribution in [1.82, 2.24) is 20.2 Å². The Morgan fingerprint density at radius 2 is 1.70 bits per heavy atom. The normalized spacial score (nSPS) is 11.9. The van der Waals surface area contributed by atoms with Crippen molar-refractivity contribution < 1.29 is 19.8 Å². The molecule has 9 heteroatoms. The molecule has 0 radical (unpaired) electrons. The first kappa shape index (κ1) is 18.7. The second kappa shape index (κ2) is 8.11. The molecule has 3 aromatic rings. The lowest BCUT2D eigenvalue weighted by molar-refractivity contribution is 0.0696. The molecule has 138 valence electrons. The highest BCUT2D eigenvalue weighted by molar-refractivity contribution is 7.99. The number of Topliss-reactive ketones (excluding diaryl/α,β-unsaturated/α-hetero) is 1. The van der Waals surface area contributed by atoms with E-state index in [9.17, 15) is 14.7 Å². The van der Waals surface area contributed by atoms with Gasteiger partial charge in [0, 0.05) is 11.3 Å². The number of rotatable bonds is 7. The summed E-state index contributed by atoms with van der Waals surface area (Å²) >= 11 is 1.27. The van der Waals surface area contributed by atoms with Crippen molar-refractivity contribution in [2.24, 2.45) is 0 Å². The third-order valence-corrected chi connectivity index (χ3v) is 4.87. The van der Waals surface area contributed by atoms with Crippen LogP contribution in [0.25, 0.3) is 5.69 Å². The van der Waals surface area contributed by atoms with Crippen molar-refractivity contribution in [2.45, 2.75) is 18.2 Å². The highest BCUT2D eigenvalue weighted by Gasteiger charge is 2.14. The summed E-state index contributed by atoms with van der Waals surface area (Å²) in [6.07, 6.45) is -0.754. The van der Waals surface area contributed by atoms with E-state index in [-0.39, 0.29) is 11.3 Å². The zero-order valence-corrected chi connectivity index (χ0v) is 15.1. The molecule has 0 saturated carbocycles. The molecule has 3 rings (SSSR count). The molecule has 0 bridgehead atoms. The van der Waals surface area contributed by atoms with E-state index in [0.717, 1.165) is 0 Å². The van der Waals surface area contributed by atoms with Gasteiger partial charge in [-0.3, -0.25) is 4.79 Å². The molecule has 0 fully saturated rings. The van der Waals surface area contributed by atoms with Crippen LogP contribution in [0.3, 0.4) is 0 Å². The van der Waals surface area contributed by atoms with Gasteiger partial charge >= 0.3 is 5.97 Å². The highest BCUT2D eigenvalue weighted by Crippen LogP contribution is 2.25. The van der Waals surface area contributed by atoms with Crippen molar-refractivity contribution in [3.05, 3.63) is 65.2 Å². The summed E-state index contributed by atoms with van der Waals surface area (Å²) in [5, 5.41) is 31.3. The van der Waals surface area contributed by atoms with E-state index in [1.54, 1.807) is 36.4 Å². The van der Waals surface area contributed by atoms with Crippen molar-refractivity contribution in [3.63, 3.8) is 0 Å². The first-order chi connectivity index (χ1) is 13.0. The maximum absolute atomic E-state index is 11.3. The number of ketones is 1. The Hall–Kier alpha value is -3.04. The fourth-order valence-corrected chi connectivity index (χ4v) is 3.22. The number of nitrogens with zero attached hydrogens (tertiary/aromatic N) is 4. The lowest BCUT2D eigenvalue weighted by atomic mass is 10.1. The number of tetrazole rings is 1. The second-order valence-corrected chi connectivity index (χ2v) is 6.72. The molecule has 0 spiro atoms. The van der Waals surface area contributed by atoms with Crippen molar-refractivity contribution in [1.29, 1.82) is 0 Å². The lowest BCUT2D eigenvalue weighted by Crippen LogP contribution is -2.05. The third-order valence-electron chi connectivity index (χ3n) is 3.87. The summed E-state index contributed by atoms with van der Waals surface area (Å²) in [6, 6.07) is 13.0. The number of thioether (sulfide) groups is 1. The summed E-state index contributed by atoms with van der Waals surface area (Å²) in [6.45, 7) is 1.49. The van der Waals surface area contributed by atoms with Gasteiger partial charge in [-0.25, -0.2) is 4.79 Å². The average molecular weight is 384 g/mol. The number of carboxylic acid groups (broad SMARTS) is 1. The molecule has 1 aromatic heterocycles. The Morgan fingerprint density at radius 3 is 2.30 bits per heavy atom. The van der Waals surface area contributed by atoms with E-state index in [4.69, 9.17) is 5.11 Å². The molecular formula is C18H16N4O4S. The number of hydrogen-bond acceptors (Lipinski definition) is 7. The molecule has 0 aliphatic heterocycles. The van der Waals surface area contributed by atoms with Gasteiger partial charge in [0.1, 0.15) is 0 Å². The number of aliphatic hydroxyl groups is 1. The molecule has 1 atom stereocenters. The first-order valence-corrected chi connectivity index (χ1v) is 8.98. The van der Waals surface area contributed by atoms with Crippen LogP contribution in [0.5, 0.6) is 0 Å². The molecule has 2 aromatic carbocycles. The number of carboxylic acids is 1. The van der Waals surface area contributed by atoms with Crippen LogP contribution in [0.4, 0.5) is 0 Å². The van der Waals surface area contributed by atoms with E-state index < -0.39 is 12.1 Å². The second-order valence-electron chi connectivity index (χ2n) is 5.73. The van der Waals surface area contributed by atoms with Crippen molar-refractivity contribution >= 4 is 23.5 Å². The Bertz CT molecular complexity index is 954. The van der Waals surface area contributed by atoms with E-state index in [0.29, 0.717) is 27.7 Å². The maximum Gasteiger partial charge on any atom is 0.335 e. The standard InChI is InChI=1S/C18H16N4O4S/c1-11(23)12-2-4-13(5-3-12)16(24)10-27-18-19-20-21-22(18)15-8-6-14(7-9-15)17(25)26/h2-9,16,24H,10H2,1H3,(H,25,26). The summed E-state index contributed by atoms with van der Waals surface area (Å²) < 4.78 is 1.47. The predicted octanol–water partition coefficient (Wildman–Crippen LogP) is 2.39. The Balaban J connectivity index is 1.69. The number of carbonyl (C=O) groups is 2. The molecule has 0 aliphatic carbocycles. The Kier molecular flexibility index (Phi) is 5.63. The van der Waals surface area contributed by atoms with E-state index in [1.165, 1.54) is 35.5 Å². The highest BCUT2D eigenvalue weighted by atomic mass is 32.2. The monoisotopic (exact) mass is 384 g/mol. The Labute approximate surface area is 158 Å². The van der Waals surface area contributed by atoms with Crippen LogP contribution < -0.4 is 0 Å². The van der Waals surface area contributed by atoms with Crippen LogP contribution in [0.1, 0.15) is 39.3 Å². The zero-order chi connectivity index (χ0) is 19.4. The minimum Gasteiger partial charge on any atom is -0.478 e. The molecule has 0 aliphatic rings. The number of aromatic nitrogens is 4. The minimum absolute atomic E-state index is 0.0292. The van der Waals surface area contributed by atoms with Crippen molar-refractivity contribution in [2.75, 3.05) is 5.75 Å². The molecular weight excluding hydrogens is 368 g/mol. The molecule has 0 amide bonds. The van der Waals surface area contributed by atoms with Gasteiger partial charge in [0.05, 0.1) is 17.4 Å². The molecule has 1 heterocycles.